The molecule has 3 saturated carbocycles. The lowest BCUT2D eigenvalue weighted by molar-refractivity contribution is -0.238. The zero-order chi connectivity index (χ0) is 22.6. The van der Waals surface area contributed by atoms with Crippen molar-refractivity contribution in [2.45, 2.75) is 98.2 Å². The van der Waals surface area contributed by atoms with Gasteiger partial charge in [-0.05, 0) is 85.7 Å². The molecule has 1 spiro atoms. The van der Waals surface area contributed by atoms with Gasteiger partial charge in [0.25, 0.3) is 0 Å². The maximum Gasteiger partial charge on any atom is 0.164 e. The van der Waals surface area contributed by atoms with E-state index in [4.69, 9.17) is 4.74 Å². The molecular weight excluding hydrogens is 388 g/mol. The van der Waals surface area contributed by atoms with Gasteiger partial charge in [-0.3, -0.25) is 0 Å². The first-order valence-electron chi connectivity index (χ1n) is 12.3. The van der Waals surface area contributed by atoms with E-state index in [0.29, 0.717) is 24.2 Å². The smallest absolute Gasteiger partial charge is 0.164 e. The Bertz CT molecular complexity index is 922. The maximum absolute atomic E-state index is 10.8. The van der Waals surface area contributed by atoms with Crippen molar-refractivity contribution in [3.63, 3.8) is 0 Å². The Kier molecular flexibility index (Phi) is 4.38. The number of benzene rings is 1. The summed E-state index contributed by atoms with van der Waals surface area (Å²) in [4.78, 5) is 0. The Hall–Kier alpha value is -1.42. The van der Waals surface area contributed by atoms with Crippen LogP contribution in [0.3, 0.4) is 0 Å². The van der Waals surface area contributed by atoms with Crippen LogP contribution in [0.2, 0.25) is 0 Å². The fourth-order valence-electron chi connectivity index (χ4n) is 9.13. The summed E-state index contributed by atoms with van der Waals surface area (Å²) in [5.74, 6) is 2.15. The van der Waals surface area contributed by atoms with Crippen molar-refractivity contribution in [1.82, 2.24) is 0 Å². The van der Waals surface area contributed by atoms with Crippen LogP contribution >= 0.6 is 0 Å². The number of phenols is 2. The highest BCUT2D eigenvalue weighted by Crippen LogP contribution is 2.72. The van der Waals surface area contributed by atoms with E-state index in [-0.39, 0.29) is 39.4 Å². The number of aromatic hydroxyl groups is 2. The number of hydrogen-bond acceptors (Lipinski definition) is 4. The average molecular weight is 429 g/mol. The number of ether oxygens (including phenoxy) is 1. The normalized spacial score (nSPS) is 45.5. The van der Waals surface area contributed by atoms with Gasteiger partial charge in [0.2, 0.25) is 0 Å². The molecule has 4 aliphatic rings. The quantitative estimate of drug-likeness (QED) is 0.462. The third-order valence-electron chi connectivity index (χ3n) is 10.9. The molecule has 0 saturated heterocycles. The zero-order valence-corrected chi connectivity index (χ0v) is 20.1. The lowest BCUT2D eigenvalue weighted by Gasteiger charge is -2.69. The van der Waals surface area contributed by atoms with Gasteiger partial charge in [-0.15, -0.1) is 0 Å². The molecule has 1 heterocycles. The lowest BCUT2D eigenvalue weighted by atomic mass is 9.37. The van der Waals surface area contributed by atoms with Crippen LogP contribution in [0.25, 0.3) is 0 Å². The molecule has 3 fully saturated rings. The van der Waals surface area contributed by atoms with E-state index in [1.54, 1.807) is 6.07 Å². The topological polar surface area (TPSA) is 69.9 Å². The molecule has 7 atom stereocenters. The Morgan fingerprint density at radius 2 is 1.68 bits per heavy atom. The summed E-state index contributed by atoms with van der Waals surface area (Å²) in [6.45, 7) is 13.8. The number of fused-ring (bicyclic) bond motifs is 5. The molecule has 1 aromatic rings. The van der Waals surface area contributed by atoms with Crippen molar-refractivity contribution in [3.05, 3.63) is 17.2 Å². The van der Waals surface area contributed by atoms with Crippen LogP contribution < -0.4 is 4.74 Å². The van der Waals surface area contributed by atoms with E-state index >= 15 is 0 Å². The van der Waals surface area contributed by atoms with Crippen molar-refractivity contribution in [2.24, 2.45) is 34.0 Å². The molecule has 31 heavy (non-hydrogen) atoms. The standard InChI is InChI=1S/C27H40O4/c1-15-13-18(28)22(30)17-14-27(31-23(15)17)16(2)7-8-20-25(5)11-10-21(29)24(3,4)19(25)9-12-26(20,27)6/h13,16,19-21,28-30H,7-12,14H2,1-6H3. The second-order valence-electron chi connectivity index (χ2n) is 12.5. The summed E-state index contributed by atoms with van der Waals surface area (Å²) >= 11 is 0. The SMILES string of the molecule is Cc1cc(O)c(O)c2c1OC1(C2)C(C)CCC2C3(C)CCC(O)C(C)(C)C3CCC21C. The van der Waals surface area contributed by atoms with Crippen molar-refractivity contribution >= 4 is 0 Å². The van der Waals surface area contributed by atoms with Crippen LogP contribution in [0, 0.1) is 40.9 Å². The van der Waals surface area contributed by atoms with Gasteiger partial charge in [-0.2, -0.15) is 0 Å². The molecular formula is C27H40O4. The molecule has 0 amide bonds. The molecule has 0 aromatic heterocycles. The van der Waals surface area contributed by atoms with Crippen LogP contribution in [0.4, 0.5) is 0 Å². The first-order valence-corrected chi connectivity index (χ1v) is 12.3. The van der Waals surface area contributed by atoms with E-state index < -0.39 is 0 Å². The predicted molar refractivity (Wildman–Crippen MR) is 121 cm³/mol. The zero-order valence-electron chi connectivity index (χ0n) is 20.1. The Labute approximate surface area is 187 Å². The molecule has 3 aliphatic carbocycles. The fourth-order valence-corrected chi connectivity index (χ4v) is 9.13. The van der Waals surface area contributed by atoms with Crippen molar-refractivity contribution in [3.8, 4) is 17.2 Å². The summed E-state index contributed by atoms with van der Waals surface area (Å²) in [6, 6.07) is 1.63. The van der Waals surface area contributed by atoms with Crippen LogP contribution in [0.5, 0.6) is 17.2 Å². The summed E-state index contributed by atoms with van der Waals surface area (Å²) in [5, 5.41) is 31.8. The molecule has 0 radical (unpaired) electrons. The second-order valence-corrected chi connectivity index (χ2v) is 12.5. The number of rotatable bonds is 0. The minimum absolute atomic E-state index is 0.00258. The molecule has 0 bridgehead atoms. The highest BCUT2D eigenvalue weighted by molar-refractivity contribution is 5.59. The van der Waals surface area contributed by atoms with Crippen LogP contribution in [-0.4, -0.2) is 27.0 Å². The average Bonchev–Trinajstić information content (AvgIpc) is 3.11. The first kappa shape index (κ1) is 21.4. The second kappa shape index (κ2) is 6.34. The number of phenolic OH excluding ortho intramolecular Hbond substituents is 2. The highest BCUT2D eigenvalue weighted by atomic mass is 16.5. The monoisotopic (exact) mass is 428 g/mol. The number of aryl methyl sites for hydroxylation is 1. The van der Waals surface area contributed by atoms with Gasteiger partial charge in [-0.25, -0.2) is 0 Å². The van der Waals surface area contributed by atoms with E-state index in [1.165, 1.54) is 6.42 Å². The minimum atomic E-state index is -0.359. The fraction of sp³-hybridized carbons (Fsp3) is 0.778. The lowest BCUT2D eigenvalue weighted by Crippen LogP contribution is -2.68. The predicted octanol–water partition coefficient (Wildman–Crippen LogP) is 5.73. The molecule has 5 rings (SSSR count). The van der Waals surface area contributed by atoms with E-state index in [9.17, 15) is 15.3 Å². The molecule has 1 aromatic carbocycles. The Balaban J connectivity index is 1.61. The van der Waals surface area contributed by atoms with Crippen LogP contribution in [0.15, 0.2) is 6.07 Å². The molecule has 4 heteroatoms. The van der Waals surface area contributed by atoms with E-state index in [0.717, 1.165) is 49.0 Å². The van der Waals surface area contributed by atoms with Crippen molar-refractivity contribution in [2.75, 3.05) is 0 Å². The van der Waals surface area contributed by atoms with Crippen molar-refractivity contribution in [1.29, 1.82) is 0 Å². The van der Waals surface area contributed by atoms with Gasteiger partial charge < -0.3 is 20.1 Å². The van der Waals surface area contributed by atoms with Gasteiger partial charge in [0.15, 0.2) is 11.5 Å². The molecule has 3 N–H and O–H groups in total. The number of aliphatic hydroxyl groups is 1. The highest BCUT2D eigenvalue weighted by Gasteiger charge is 2.70. The van der Waals surface area contributed by atoms with Gasteiger partial charge in [0, 0.05) is 17.4 Å². The van der Waals surface area contributed by atoms with Gasteiger partial charge in [0.05, 0.1) is 6.10 Å². The van der Waals surface area contributed by atoms with E-state index in [1.807, 2.05) is 6.92 Å². The molecule has 7 unspecified atom stereocenters. The molecule has 172 valence electrons. The molecule has 4 nitrogen and oxygen atoms in total. The summed E-state index contributed by atoms with van der Waals surface area (Å²) in [6.07, 6.45) is 6.91. The Morgan fingerprint density at radius 1 is 0.968 bits per heavy atom. The number of aliphatic hydroxyl groups excluding tert-OH is 1. The Morgan fingerprint density at radius 3 is 2.39 bits per heavy atom. The maximum atomic E-state index is 10.8. The third-order valence-corrected chi connectivity index (χ3v) is 10.9. The van der Waals surface area contributed by atoms with Crippen LogP contribution in [-0.2, 0) is 6.42 Å². The van der Waals surface area contributed by atoms with Gasteiger partial charge >= 0.3 is 0 Å². The third kappa shape index (κ3) is 2.46. The van der Waals surface area contributed by atoms with Gasteiger partial charge in [0.1, 0.15) is 11.4 Å². The summed E-state index contributed by atoms with van der Waals surface area (Å²) in [5.41, 5.74) is 1.44. The first-order chi connectivity index (χ1) is 14.4. The molecule has 1 aliphatic heterocycles. The summed E-state index contributed by atoms with van der Waals surface area (Å²) in [7, 11) is 0. The van der Waals surface area contributed by atoms with Gasteiger partial charge in [-0.1, -0.05) is 34.6 Å². The summed E-state index contributed by atoms with van der Waals surface area (Å²) < 4.78 is 6.96. The van der Waals surface area contributed by atoms with E-state index in [2.05, 4.69) is 34.6 Å². The van der Waals surface area contributed by atoms with Crippen molar-refractivity contribution < 1.29 is 20.1 Å². The number of hydrogen-bond donors (Lipinski definition) is 3. The van der Waals surface area contributed by atoms with Crippen LogP contribution in [0.1, 0.15) is 84.3 Å². The minimum Gasteiger partial charge on any atom is -0.504 e. The largest absolute Gasteiger partial charge is 0.504 e.